The topological polar surface area (TPSA) is 50.3 Å². The molecule has 0 amide bonds. The first kappa shape index (κ1) is 34.3. The van der Waals surface area contributed by atoms with Gasteiger partial charge in [-0.25, -0.2) is 9.97 Å². The van der Waals surface area contributed by atoms with E-state index in [1.54, 1.807) is 0 Å². The molecule has 2 aromatic carbocycles. The van der Waals surface area contributed by atoms with Gasteiger partial charge in [-0.05, 0) is 49.3 Å². The lowest BCUT2D eigenvalue weighted by Crippen LogP contribution is -2.40. The SMILES string of the molecule is CCCCCCC(CCCCCC)c1nc(CCCc2ccccc2)cc(-c2ccc(CNCCN3CCOCC3)cc2)n1. The van der Waals surface area contributed by atoms with E-state index >= 15 is 0 Å². The van der Waals surface area contributed by atoms with Crippen molar-refractivity contribution in [1.29, 1.82) is 0 Å². The van der Waals surface area contributed by atoms with Crippen LogP contribution in [-0.2, 0) is 24.1 Å². The highest BCUT2D eigenvalue weighted by molar-refractivity contribution is 5.60. The second kappa shape index (κ2) is 20.4. The summed E-state index contributed by atoms with van der Waals surface area (Å²) in [7, 11) is 0. The second-order valence-electron chi connectivity index (χ2n) is 12.7. The molecule has 0 radical (unpaired) electrons. The Labute approximate surface area is 268 Å². The molecular weight excluding hydrogens is 540 g/mol. The molecule has 5 nitrogen and oxygen atoms in total. The molecule has 0 unspecified atom stereocenters. The Morgan fingerprint density at radius 1 is 0.750 bits per heavy atom. The lowest BCUT2D eigenvalue weighted by molar-refractivity contribution is 0.0384. The van der Waals surface area contributed by atoms with Crippen LogP contribution in [0.4, 0.5) is 0 Å². The highest BCUT2D eigenvalue weighted by atomic mass is 16.5. The minimum absolute atomic E-state index is 0.450. The van der Waals surface area contributed by atoms with Gasteiger partial charge in [-0.15, -0.1) is 0 Å². The fourth-order valence-electron chi connectivity index (χ4n) is 6.22. The molecule has 0 spiro atoms. The molecule has 0 aliphatic carbocycles. The van der Waals surface area contributed by atoms with Gasteiger partial charge in [-0.1, -0.05) is 120 Å². The zero-order valence-electron chi connectivity index (χ0n) is 27.7. The summed E-state index contributed by atoms with van der Waals surface area (Å²) in [4.78, 5) is 13.0. The molecule has 1 aliphatic rings. The predicted molar refractivity (Wildman–Crippen MR) is 185 cm³/mol. The highest BCUT2D eigenvalue weighted by Crippen LogP contribution is 2.29. The number of hydrogen-bond donors (Lipinski definition) is 1. The summed E-state index contributed by atoms with van der Waals surface area (Å²) in [6, 6.07) is 22.2. The van der Waals surface area contributed by atoms with Crippen LogP contribution in [0.1, 0.15) is 113 Å². The summed E-state index contributed by atoms with van der Waals surface area (Å²) >= 11 is 0. The first-order valence-electron chi connectivity index (χ1n) is 17.8. The van der Waals surface area contributed by atoms with Gasteiger partial charge in [0.15, 0.2) is 0 Å². The Kier molecular flexibility index (Phi) is 15.9. The van der Waals surface area contributed by atoms with Gasteiger partial charge in [0, 0.05) is 49.9 Å². The largest absolute Gasteiger partial charge is 0.379 e. The van der Waals surface area contributed by atoms with Crippen molar-refractivity contribution in [3.05, 3.63) is 83.3 Å². The quantitative estimate of drug-likeness (QED) is 0.124. The van der Waals surface area contributed by atoms with Crippen LogP contribution in [0.2, 0.25) is 0 Å². The van der Waals surface area contributed by atoms with Crippen molar-refractivity contribution >= 4 is 0 Å². The van der Waals surface area contributed by atoms with Crippen LogP contribution in [0.3, 0.4) is 0 Å². The molecule has 44 heavy (non-hydrogen) atoms. The maximum atomic E-state index is 5.47. The van der Waals surface area contributed by atoms with Crippen molar-refractivity contribution < 1.29 is 4.74 Å². The maximum absolute atomic E-state index is 5.47. The Balaban J connectivity index is 1.45. The molecule has 0 bridgehead atoms. The number of nitrogens with one attached hydrogen (secondary N) is 1. The van der Waals surface area contributed by atoms with Gasteiger partial charge in [-0.3, -0.25) is 4.90 Å². The third-order valence-corrected chi connectivity index (χ3v) is 9.00. The predicted octanol–water partition coefficient (Wildman–Crippen LogP) is 8.77. The number of nitrogens with zero attached hydrogens (tertiary/aromatic N) is 3. The Morgan fingerprint density at radius 3 is 2.14 bits per heavy atom. The molecule has 5 heteroatoms. The number of aryl methyl sites for hydroxylation is 2. The number of ether oxygens (including phenoxy) is 1. The van der Waals surface area contributed by atoms with Crippen molar-refractivity contribution in [1.82, 2.24) is 20.2 Å². The second-order valence-corrected chi connectivity index (χ2v) is 12.7. The minimum Gasteiger partial charge on any atom is -0.379 e. The van der Waals surface area contributed by atoms with Crippen LogP contribution in [0.5, 0.6) is 0 Å². The van der Waals surface area contributed by atoms with Crippen LogP contribution in [0.15, 0.2) is 60.7 Å². The van der Waals surface area contributed by atoms with E-state index in [4.69, 9.17) is 14.7 Å². The van der Waals surface area contributed by atoms with E-state index < -0.39 is 0 Å². The number of hydrogen-bond acceptors (Lipinski definition) is 5. The van der Waals surface area contributed by atoms with Crippen molar-refractivity contribution in [2.45, 2.75) is 110 Å². The third kappa shape index (κ3) is 12.4. The molecule has 2 heterocycles. The van der Waals surface area contributed by atoms with E-state index in [9.17, 15) is 0 Å². The molecule has 1 aliphatic heterocycles. The fraction of sp³-hybridized carbons (Fsp3) is 0.590. The first-order valence-corrected chi connectivity index (χ1v) is 17.8. The van der Waals surface area contributed by atoms with Crippen LogP contribution >= 0.6 is 0 Å². The average Bonchev–Trinajstić information content (AvgIpc) is 3.07. The lowest BCUT2D eigenvalue weighted by Gasteiger charge is -2.26. The summed E-state index contributed by atoms with van der Waals surface area (Å²) in [6.07, 6.45) is 15.9. The van der Waals surface area contributed by atoms with Gasteiger partial charge < -0.3 is 10.1 Å². The standard InChI is InChI=1S/C39H58N4O/c1-3-5-7-12-18-36(19-13-8-6-4-2)39-41-37(20-14-17-33-15-10-9-11-16-33)31-38(42-39)35-23-21-34(22-24-35)32-40-25-26-43-27-29-44-30-28-43/h9-11,15-16,21-24,31,36,40H,3-8,12-14,17-20,25-30,32H2,1-2H3. The molecule has 240 valence electrons. The Hall–Kier alpha value is -2.60. The molecule has 0 saturated carbocycles. The number of benzene rings is 2. The summed E-state index contributed by atoms with van der Waals surface area (Å²) in [5, 5.41) is 3.63. The average molecular weight is 599 g/mol. The molecule has 1 saturated heterocycles. The van der Waals surface area contributed by atoms with Crippen molar-refractivity contribution in [2.24, 2.45) is 0 Å². The van der Waals surface area contributed by atoms with E-state index in [0.29, 0.717) is 5.92 Å². The van der Waals surface area contributed by atoms with Gasteiger partial charge in [0.1, 0.15) is 5.82 Å². The van der Waals surface area contributed by atoms with Crippen molar-refractivity contribution in [3.8, 4) is 11.3 Å². The van der Waals surface area contributed by atoms with Crippen LogP contribution in [0, 0.1) is 0 Å². The molecule has 1 aromatic heterocycles. The Bertz CT molecular complexity index is 1150. The van der Waals surface area contributed by atoms with E-state index in [1.807, 2.05) is 0 Å². The number of unbranched alkanes of at least 4 members (excludes halogenated alkanes) is 6. The van der Waals surface area contributed by atoms with Gasteiger partial charge in [0.05, 0.1) is 18.9 Å². The molecule has 3 aromatic rings. The zero-order valence-corrected chi connectivity index (χ0v) is 27.7. The van der Waals surface area contributed by atoms with Crippen LogP contribution in [-0.4, -0.2) is 54.3 Å². The van der Waals surface area contributed by atoms with Crippen molar-refractivity contribution in [2.75, 3.05) is 39.4 Å². The summed E-state index contributed by atoms with van der Waals surface area (Å²) in [5.41, 5.74) is 6.20. The van der Waals surface area contributed by atoms with E-state index in [0.717, 1.165) is 76.7 Å². The van der Waals surface area contributed by atoms with E-state index in [-0.39, 0.29) is 0 Å². The van der Waals surface area contributed by atoms with E-state index in [1.165, 1.54) is 86.6 Å². The Morgan fingerprint density at radius 2 is 1.45 bits per heavy atom. The number of aromatic nitrogens is 2. The van der Waals surface area contributed by atoms with Gasteiger partial charge in [0.25, 0.3) is 0 Å². The monoisotopic (exact) mass is 598 g/mol. The summed E-state index contributed by atoms with van der Waals surface area (Å²) < 4.78 is 5.47. The number of rotatable bonds is 21. The molecule has 1 N–H and O–H groups in total. The first-order chi connectivity index (χ1) is 21.7. The van der Waals surface area contributed by atoms with Crippen LogP contribution < -0.4 is 5.32 Å². The minimum atomic E-state index is 0.450. The third-order valence-electron chi connectivity index (χ3n) is 9.00. The maximum Gasteiger partial charge on any atom is 0.132 e. The van der Waals surface area contributed by atoms with Gasteiger partial charge in [0.2, 0.25) is 0 Å². The molecular formula is C39H58N4O. The highest BCUT2D eigenvalue weighted by Gasteiger charge is 2.18. The summed E-state index contributed by atoms with van der Waals surface area (Å²) in [6.45, 7) is 11.4. The normalized spacial score (nSPS) is 14.0. The smallest absolute Gasteiger partial charge is 0.132 e. The van der Waals surface area contributed by atoms with Crippen LogP contribution in [0.25, 0.3) is 11.3 Å². The fourth-order valence-corrected chi connectivity index (χ4v) is 6.22. The molecule has 1 fully saturated rings. The lowest BCUT2D eigenvalue weighted by atomic mass is 9.93. The van der Waals surface area contributed by atoms with Crippen molar-refractivity contribution in [3.63, 3.8) is 0 Å². The number of morpholine rings is 1. The zero-order chi connectivity index (χ0) is 30.7. The van der Waals surface area contributed by atoms with Gasteiger partial charge >= 0.3 is 0 Å². The molecule has 0 atom stereocenters. The van der Waals surface area contributed by atoms with E-state index in [2.05, 4.69) is 84.7 Å². The van der Waals surface area contributed by atoms with Gasteiger partial charge in [-0.2, -0.15) is 0 Å². The molecule has 4 rings (SSSR count). The summed E-state index contributed by atoms with van der Waals surface area (Å²) in [5.74, 6) is 1.53.